The molecule has 0 atom stereocenters. The third-order valence-corrected chi connectivity index (χ3v) is 2.73. The number of nitrogens with zero attached hydrogens (tertiary/aromatic N) is 2. The number of rotatable bonds is 2. The molecule has 0 aromatic rings. The highest BCUT2D eigenvalue weighted by atomic mass is 15.2. The van der Waals surface area contributed by atoms with Gasteiger partial charge in [-0.25, -0.2) is 0 Å². The Morgan fingerprint density at radius 1 is 1.33 bits per heavy atom. The Morgan fingerprint density at radius 2 is 1.83 bits per heavy atom. The zero-order valence-corrected chi connectivity index (χ0v) is 8.51. The summed E-state index contributed by atoms with van der Waals surface area (Å²) in [7, 11) is 4.34. The molecule has 0 aromatic heterocycles. The van der Waals surface area contributed by atoms with Gasteiger partial charge in [0.1, 0.15) is 0 Å². The van der Waals surface area contributed by atoms with Crippen LogP contribution in [0.4, 0.5) is 0 Å². The Balaban J connectivity index is 2.34. The van der Waals surface area contributed by atoms with Gasteiger partial charge in [-0.1, -0.05) is 6.58 Å². The van der Waals surface area contributed by atoms with E-state index in [-0.39, 0.29) is 0 Å². The first-order valence-corrected chi connectivity index (χ1v) is 4.68. The first kappa shape index (κ1) is 9.59. The molecule has 0 amide bonds. The van der Waals surface area contributed by atoms with E-state index in [4.69, 9.17) is 0 Å². The lowest BCUT2D eigenvalue weighted by molar-refractivity contribution is 0.171. The summed E-state index contributed by atoms with van der Waals surface area (Å²) in [5.74, 6) is 0. The maximum Gasteiger partial charge on any atom is 0.0189 e. The number of allylic oxidation sites excluding steroid dienone is 1. The monoisotopic (exact) mass is 168 g/mol. The molecule has 1 aliphatic heterocycles. The predicted molar refractivity (Wildman–Crippen MR) is 53.1 cm³/mol. The lowest BCUT2D eigenvalue weighted by Gasteiger charge is -2.36. The Morgan fingerprint density at radius 3 is 2.17 bits per heavy atom. The third kappa shape index (κ3) is 2.24. The average molecular weight is 168 g/mol. The molecule has 70 valence electrons. The third-order valence-electron chi connectivity index (χ3n) is 2.73. The maximum absolute atomic E-state index is 3.96. The van der Waals surface area contributed by atoms with E-state index in [1.165, 1.54) is 31.6 Å². The van der Waals surface area contributed by atoms with Gasteiger partial charge in [-0.3, -0.25) is 0 Å². The fourth-order valence-corrected chi connectivity index (χ4v) is 1.76. The van der Waals surface area contributed by atoms with Crippen molar-refractivity contribution < 1.29 is 0 Å². The van der Waals surface area contributed by atoms with Gasteiger partial charge < -0.3 is 9.80 Å². The SMILES string of the molecule is C=C(C)N1CCC(N(C)C)CC1. The summed E-state index contributed by atoms with van der Waals surface area (Å²) in [5, 5.41) is 0. The molecule has 0 spiro atoms. The molecule has 0 saturated carbocycles. The number of piperidine rings is 1. The molecule has 0 unspecified atom stereocenters. The number of hydrogen-bond donors (Lipinski definition) is 0. The van der Waals surface area contributed by atoms with Crippen molar-refractivity contribution in [2.75, 3.05) is 27.2 Å². The predicted octanol–water partition coefficient (Wildman–Crippen LogP) is 1.55. The molecule has 0 bridgehead atoms. The Labute approximate surface area is 75.8 Å². The molecule has 0 aliphatic carbocycles. The van der Waals surface area contributed by atoms with Crippen LogP contribution in [0.25, 0.3) is 0 Å². The highest BCUT2D eigenvalue weighted by Gasteiger charge is 2.19. The van der Waals surface area contributed by atoms with Crippen LogP contribution in [0, 0.1) is 0 Å². The summed E-state index contributed by atoms with van der Waals surface area (Å²) in [6.45, 7) is 8.41. The molecular formula is C10H20N2. The zero-order chi connectivity index (χ0) is 9.14. The van der Waals surface area contributed by atoms with Gasteiger partial charge >= 0.3 is 0 Å². The molecule has 1 aliphatic rings. The van der Waals surface area contributed by atoms with Crippen molar-refractivity contribution in [3.8, 4) is 0 Å². The lowest BCUT2D eigenvalue weighted by Crippen LogP contribution is -2.40. The molecule has 1 fully saturated rings. The Kier molecular flexibility index (Phi) is 3.15. The molecule has 0 N–H and O–H groups in total. The van der Waals surface area contributed by atoms with Crippen molar-refractivity contribution >= 4 is 0 Å². The van der Waals surface area contributed by atoms with E-state index in [0.717, 1.165) is 6.04 Å². The molecule has 0 radical (unpaired) electrons. The van der Waals surface area contributed by atoms with Crippen LogP contribution in [-0.4, -0.2) is 43.0 Å². The van der Waals surface area contributed by atoms with E-state index in [2.05, 4.69) is 37.4 Å². The molecule has 1 saturated heterocycles. The fourth-order valence-electron chi connectivity index (χ4n) is 1.76. The van der Waals surface area contributed by atoms with Crippen LogP contribution < -0.4 is 0 Å². The Hall–Kier alpha value is -0.500. The minimum absolute atomic E-state index is 0.778. The molecule has 0 aromatic carbocycles. The van der Waals surface area contributed by atoms with Gasteiger partial charge in [-0.15, -0.1) is 0 Å². The fraction of sp³-hybridized carbons (Fsp3) is 0.800. The average Bonchev–Trinajstić information content (AvgIpc) is 2.04. The summed E-state index contributed by atoms with van der Waals surface area (Å²) >= 11 is 0. The summed E-state index contributed by atoms with van der Waals surface area (Å²) < 4.78 is 0. The maximum atomic E-state index is 3.96. The smallest absolute Gasteiger partial charge is 0.0189 e. The molecule has 12 heavy (non-hydrogen) atoms. The lowest BCUT2D eigenvalue weighted by atomic mass is 10.0. The number of likely N-dealkylation sites (tertiary alicyclic amines) is 1. The van der Waals surface area contributed by atoms with E-state index in [0.29, 0.717) is 0 Å². The molecule has 1 heterocycles. The normalized spacial score (nSPS) is 20.2. The van der Waals surface area contributed by atoms with Crippen molar-refractivity contribution in [2.45, 2.75) is 25.8 Å². The second-order valence-corrected chi connectivity index (χ2v) is 3.92. The van der Waals surface area contributed by atoms with Gasteiger partial charge in [0, 0.05) is 24.8 Å². The van der Waals surface area contributed by atoms with E-state index < -0.39 is 0 Å². The van der Waals surface area contributed by atoms with Gasteiger partial charge in [-0.05, 0) is 33.9 Å². The van der Waals surface area contributed by atoms with Crippen molar-refractivity contribution in [1.82, 2.24) is 9.80 Å². The minimum atomic E-state index is 0.778. The van der Waals surface area contributed by atoms with Crippen LogP contribution in [0.15, 0.2) is 12.3 Å². The van der Waals surface area contributed by atoms with Crippen LogP contribution in [0.3, 0.4) is 0 Å². The van der Waals surface area contributed by atoms with Gasteiger partial charge in [0.05, 0.1) is 0 Å². The molecule has 2 nitrogen and oxygen atoms in total. The van der Waals surface area contributed by atoms with E-state index >= 15 is 0 Å². The second kappa shape index (κ2) is 3.94. The molecule has 2 heteroatoms. The van der Waals surface area contributed by atoms with Crippen LogP contribution >= 0.6 is 0 Å². The highest BCUT2D eigenvalue weighted by Crippen LogP contribution is 2.16. The van der Waals surface area contributed by atoms with Gasteiger partial charge in [0.25, 0.3) is 0 Å². The summed E-state index contributed by atoms with van der Waals surface area (Å²) in [4.78, 5) is 4.70. The summed E-state index contributed by atoms with van der Waals surface area (Å²) in [5.41, 5.74) is 1.22. The topological polar surface area (TPSA) is 6.48 Å². The largest absolute Gasteiger partial charge is 0.375 e. The van der Waals surface area contributed by atoms with Crippen molar-refractivity contribution in [1.29, 1.82) is 0 Å². The number of hydrogen-bond acceptors (Lipinski definition) is 2. The van der Waals surface area contributed by atoms with Crippen LogP contribution in [0.2, 0.25) is 0 Å². The van der Waals surface area contributed by atoms with Gasteiger partial charge in [-0.2, -0.15) is 0 Å². The first-order chi connectivity index (χ1) is 5.61. The van der Waals surface area contributed by atoms with E-state index in [1.807, 2.05) is 0 Å². The standard InChI is InChI=1S/C10H20N2/c1-9(2)12-7-5-10(6-8-12)11(3)4/h10H,1,5-8H2,2-4H3. The van der Waals surface area contributed by atoms with Crippen LogP contribution in [0.5, 0.6) is 0 Å². The van der Waals surface area contributed by atoms with E-state index in [1.54, 1.807) is 0 Å². The van der Waals surface area contributed by atoms with Crippen LogP contribution in [-0.2, 0) is 0 Å². The molecular weight excluding hydrogens is 148 g/mol. The second-order valence-electron chi connectivity index (χ2n) is 3.92. The van der Waals surface area contributed by atoms with Gasteiger partial charge in [0.2, 0.25) is 0 Å². The van der Waals surface area contributed by atoms with Gasteiger partial charge in [0.15, 0.2) is 0 Å². The van der Waals surface area contributed by atoms with Crippen molar-refractivity contribution in [3.63, 3.8) is 0 Å². The highest BCUT2D eigenvalue weighted by molar-refractivity contribution is 4.92. The quantitative estimate of drug-likeness (QED) is 0.617. The van der Waals surface area contributed by atoms with Crippen LogP contribution in [0.1, 0.15) is 19.8 Å². The first-order valence-electron chi connectivity index (χ1n) is 4.68. The summed E-state index contributed by atoms with van der Waals surface area (Å²) in [6.07, 6.45) is 2.56. The Bertz CT molecular complexity index is 155. The van der Waals surface area contributed by atoms with E-state index in [9.17, 15) is 0 Å². The zero-order valence-electron chi connectivity index (χ0n) is 8.51. The minimum Gasteiger partial charge on any atom is -0.375 e. The summed E-state index contributed by atoms with van der Waals surface area (Å²) in [6, 6.07) is 0.778. The molecule has 1 rings (SSSR count). The van der Waals surface area contributed by atoms with Crippen molar-refractivity contribution in [3.05, 3.63) is 12.3 Å². The van der Waals surface area contributed by atoms with Crippen molar-refractivity contribution in [2.24, 2.45) is 0 Å².